The number of nitrogens with two attached hydrogens (primary N) is 1. The molecule has 0 aliphatic carbocycles. The van der Waals surface area contributed by atoms with Crippen molar-refractivity contribution in [1.29, 1.82) is 0 Å². The van der Waals surface area contributed by atoms with Gasteiger partial charge in [-0.3, -0.25) is 0 Å². The van der Waals surface area contributed by atoms with Gasteiger partial charge in [-0.1, -0.05) is 12.1 Å². The Labute approximate surface area is 127 Å². The number of aryl methyl sites for hydroxylation is 1. The topological polar surface area (TPSA) is 72.6 Å². The van der Waals surface area contributed by atoms with Gasteiger partial charge in [0, 0.05) is 33.4 Å². The molecule has 1 aromatic carbocycles. The van der Waals surface area contributed by atoms with Crippen LogP contribution in [0.25, 0.3) is 0 Å². The SMILES string of the molecule is COCC1CCN(S(=O)(=O)c2cc(CN)ccc2C)CC1. The second-order valence-corrected chi connectivity index (χ2v) is 7.51. The van der Waals surface area contributed by atoms with E-state index in [-0.39, 0.29) is 0 Å². The summed E-state index contributed by atoms with van der Waals surface area (Å²) in [5.41, 5.74) is 7.23. The minimum Gasteiger partial charge on any atom is -0.384 e. The van der Waals surface area contributed by atoms with E-state index in [2.05, 4.69) is 0 Å². The predicted molar refractivity (Wildman–Crippen MR) is 82.4 cm³/mol. The molecule has 5 nitrogen and oxygen atoms in total. The van der Waals surface area contributed by atoms with Gasteiger partial charge in [0.2, 0.25) is 10.0 Å². The van der Waals surface area contributed by atoms with Crippen molar-refractivity contribution < 1.29 is 13.2 Å². The average Bonchev–Trinajstić information content (AvgIpc) is 2.48. The lowest BCUT2D eigenvalue weighted by Gasteiger charge is -2.31. The maximum atomic E-state index is 12.8. The fourth-order valence-corrected chi connectivity index (χ4v) is 4.49. The lowest BCUT2D eigenvalue weighted by Crippen LogP contribution is -2.39. The molecule has 1 aliphatic rings. The molecular weight excluding hydrogens is 288 g/mol. The lowest BCUT2D eigenvalue weighted by molar-refractivity contribution is 0.121. The largest absolute Gasteiger partial charge is 0.384 e. The molecule has 0 unspecified atom stereocenters. The number of hydrogen-bond donors (Lipinski definition) is 1. The molecule has 0 spiro atoms. The molecule has 1 fully saturated rings. The summed E-state index contributed by atoms with van der Waals surface area (Å²) in [5.74, 6) is 0.456. The molecule has 6 heteroatoms. The van der Waals surface area contributed by atoms with Crippen molar-refractivity contribution in [3.63, 3.8) is 0 Å². The Balaban J connectivity index is 2.19. The van der Waals surface area contributed by atoms with Crippen LogP contribution in [-0.4, -0.2) is 39.5 Å². The molecule has 118 valence electrons. The maximum absolute atomic E-state index is 12.8. The van der Waals surface area contributed by atoms with Gasteiger partial charge >= 0.3 is 0 Å². The highest BCUT2D eigenvalue weighted by Gasteiger charge is 2.30. The molecule has 1 aromatic rings. The van der Waals surface area contributed by atoms with E-state index in [1.165, 1.54) is 0 Å². The van der Waals surface area contributed by atoms with Crippen molar-refractivity contribution in [3.8, 4) is 0 Å². The Morgan fingerprint density at radius 1 is 1.33 bits per heavy atom. The average molecular weight is 312 g/mol. The molecule has 0 saturated carbocycles. The van der Waals surface area contributed by atoms with Crippen LogP contribution in [0.1, 0.15) is 24.0 Å². The van der Waals surface area contributed by atoms with Crippen LogP contribution in [0.15, 0.2) is 23.1 Å². The lowest BCUT2D eigenvalue weighted by atomic mass is 9.99. The van der Waals surface area contributed by atoms with Crippen molar-refractivity contribution in [3.05, 3.63) is 29.3 Å². The molecule has 2 rings (SSSR count). The summed E-state index contributed by atoms with van der Waals surface area (Å²) in [6.45, 7) is 3.99. The second-order valence-electron chi connectivity index (χ2n) is 5.61. The zero-order chi connectivity index (χ0) is 15.5. The number of ether oxygens (including phenoxy) is 1. The molecule has 21 heavy (non-hydrogen) atoms. The molecule has 2 N–H and O–H groups in total. The van der Waals surface area contributed by atoms with Crippen LogP contribution in [-0.2, 0) is 21.3 Å². The molecule has 0 amide bonds. The monoisotopic (exact) mass is 312 g/mol. The number of rotatable bonds is 5. The van der Waals surface area contributed by atoms with Gasteiger partial charge in [0.1, 0.15) is 0 Å². The second kappa shape index (κ2) is 6.87. The fourth-order valence-electron chi connectivity index (χ4n) is 2.74. The third-order valence-corrected chi connectivity index (χ3v) is 6.12. The summed E-state index contributed by atoms with van der Waals surface area (Å²) in [6, 6.07) is 5.40. The number of nitrogens with zero attached hydrogens (tertiary/aromatic N) is 1. The summed E-state index contributed by atoms with van der Waals surface area (Å²) in [4.78, 5) is 0.385. The summed E-state index contributed by atoms with van der Waals surface area (Å²) >= 11 is 0. The first-order valence-electron chi connectivity index (χ1n) is 7.27. The first kappa shape index (κ1) is 16.4. The van der Waals surface area contributed by atoms with Gasteiger partial charge in [-0.2, -0.15) is 4.31 Å². The third kappa shape index (κ3) is 3.63. The van der Waals surface area contributed by atoms with Gasteiger partial charge in [-0.15, -0.1) is 0 Å². The van der Waals surface area contributed by atoms with Gasteiger partial charge in [0.15, 0.2) is 0 Å². The molecular formula is C15H24N2O3S. The Hall–Kier alpha value is -0.950. The van der Waals surface area contributed by atoms with Crippen LogP contribution >= 0.6 is 0 Å². The molecule has 1 saturated heterocycles. The highest BCUT2D eigenvalue weighted by Crippen LogP contribution is 2.26. The van der Waals surface area contributed by atoms with Crippen LogP contribution < -0.4 is 5.73 Å². The van der Waals surface area contributed by atoms with E-state index in [4.69, 9.17) is 10.5 Å². The minimum atomic E-state index is -3.43. The number of benzene rings is 1. The standard InChI is InChI=1S/C15H24N2O3S/c1-12-3-4-14(10-16)9-15(12)21(18,19)17-7-5-13(6-8-17)11-20-2/h3-4,9,13H,5-8,10-11,16H2,1-2H3. The summed E-state index contributed by atoms with van der Waals surface area (Å²) < 4.78 is 32.3. The Morgan fingerprint density at radius 3 is 2.57 bits per heavy atom. The van der Waals surface area contributed by atoms with E-state index >= 15 is 0 Å². The fraction of sp³-hybridized carbons (Fsp3) is 0.600. The van der Waals surface area contributed by atoms with E-state index in [9.17, 15) is 8.42 Å². The van der Waals surface area contributed by atoms with E-state index in [1.807, 2.05) is 19.1 Å². The van der Waals surface area contributed by atoms with E-state index in [1.54, 1.807) is 17.5 Å². The number of piperidine rings is 1. The quantitative estimate of drug-likeness (QED) is 0.894. The van der Waals surface area contributed by atoms with Crippen LogP contribution in [0.3, 0.4) is 0 Å². The molecule has 0 bridgehead atoms. The first-order valence-corrected chi connectivity index (χ1v) is 8.71. The molecule has 0 radical (unpaired) electrons. The highest BCUT2D eigenvalue weighted by atomic mass is 32.2. The van der Waals surface area contributed by atoms with Crippen molar-refractivity contribution >= 4 is 10.0 Å². The smallest absolute Gasteiger partial charge is 0.243 e. The van der Waals surface area contributed by atoms with Crippen LogP contribution in [0.5, 0.6) is 0 Å². The zero-order valence-corrected chi connectivity index (χ0v) is 13.5. The number of hydrogen-bond acceptors (Lipinski definition) is 4. The Kier molecular flexibility index (Phi) is 5.37. The molecule has 1 aliphatic heterocycles. The highest BCUT2D eigenvalue weighted by molar-refractivity contribution is 7.89. The number of methoxy groups -OCH3 is 1. The van der Waals surface area contributed by atoms with Crippen molar-refractivity contribution in [2.24, 2.45) is 11.7 Å². The maximum Gasteiger partial charge on any atom is 0.243 e. The first-order chi connectivity index (χ1) is 9.98. The van der Waals surface area contributed by atoms with E-state index < -0.39 is 10.0 Å². The van der Waals surface area contributed by atoms with E-state index in [0.29, 0.717) is 37.1 Å². The number of sulfonamides is 1. The minimum absolute atomic E-state index is 0.346. The van der Waals surface area contributed by atoms with Crippen LogP contribution in [0.2, 0.25) is 0 Å². The summed E-state index contributed by atoms with van der Waals surface area (Å²) in [7, 11) is -1.74. The van der Waals surface area contributed by atoms with Crippen molar-refractivity contribution in [1.82, 2.24) is 4.31 Å². The van der Waals surface area contributed by atoms with Gasteiger partial charge in [-0.25, -0.2) is 8.42 Å². The zero-order valence-electron chi connectivity index (χ0n) is 12.7. The van der Waals surface area contributed by atoms with Crippen molar-refractivity contribution in [2.45, 2.75) is 31.2 Å². The third-order valence-electron chi connectivity index (χ3n) is 4.08. The van der Waals surface area contributed by atoms with Gasteiger partial charge in [0.05, 0.1) is 4.90 Å². The van der Waals surface area contributed by atoms with Crippen LogP contribution in [0.4, 0.5) is 0 Å². The van der Waals surface area contributed by atoms with E-state index in [0.717, 1.165) is 24.0 Å². The Morgan fingerprint density at radius 2 is 2.00 bits per heavy atom. The van der Waals surface area contributed by atoms with Gasteiger partial charge in [0.25, 0.3) is 0 Å². The molecule has 1 heterocycles. The van der Waals surface area contributed by atoms with Gasteiger partial charge < -0.3 is 10.5 Å². The van der Waals surface area contributed by atoms with Gasteiger partial charge in [-0.05, 0) is 42.9 Å². The normalized spacial score (nSPS) is 18.0. The summed E-state index contributed by atoms with van der Waals surface area (Å²) in [6.07, 6.45) is 1.70. The summed E-state index contributed by atoms with van der Waals surface area (Å²) in [5, 5.41) is 0. The molecule has 0 aromatic heterocycles. The Bertz CT molecular complexity index is 579. The molecule has 0 atom stereocenters. The predicted octanol–water partition coefficient (Wildman–Crippen LogP) is 1.50. The van der Waals surface area contributed by atoms with Crippen molar-refractivity contribution in [2.75, 3.05) is 26.8 Å². The van der Waals surface area contributed by atoms with Crippen LogP contribution in [0, 0.1) is 12.8 Å².